The molecule has 4 rings (SSSR count). The summed E-state index contributed by atoms with van der Waals surface area (Å²) in [6.07, 6.45) is -0.486. The van der Waals surface area contributed by atoms with Gasteiger partial charge in [0.2, 0.25) is 0 Å². The van der Waals surface area contributed by atoms with Gasteiger partial charge in [0.05, 0.1) is 30.7 Å². The number of Topliss-reactive ketones (excluding diaryl/α,β-unsaturated/α-hetero) is 2. The molecule has 216 valence electrons. The van der Waals surface area contributed by atoms with Gasteiger partial charge in [-0.25, -0.2) is 0 Å². The van der Waals surface area contributed by atoms with Crippen LogP contribution < -0.4 is 0 Å². The number of hydrogen-bond donors (Lipinski definition) is 3. The molecule has 2 saturated carbocycles. The van der Waals surface area contributed by atoms with Gasteiger partial charge in [0.25, 0.3) is 0 Å². The van der Waals surface area contributed by atoms with E-state index in [1.54, 1.807) is 27.7 Å². The highest BCUT2D eigenvalue weighted by atomic mass is 16.5. The maximum Gasteiger partial charge on any atom is 0.308 e. The zero-order valence-corrected chi connectivity index (χ0v) is 24.5. The molecule has 0 unspecified atom stereocenters. The Bertz CT molecular complexity index is 1180. The van der Waals surface area contributed by atoms with Crippen molar-refractivity contribution in [3.05, 3.63) is 22.8 Å². The number of esters is 1. The lowest BCUT2D eigenvalue weighted by Crippen LogP contribution is -2.64. The summed E-state index contributed by atoms with van der Waals surface area (Å²) in [5.74, 6) is -2.89. The summed E-state index contributed by atoms with van der Waals surface area (Å²) >= 11 is 0. The Morgan fingerprint density at radius 2 is 1.72 bits per heavy atom. The van der Waals surface area contributed by atoms with Crippen LogP contribution >= 0.6 is 0 Å². The third-order valence-electron chi connectivity index (χ3n) is 11.5. The van der Waals surface area contributed by atoms with Crippen LogP contribution in [0.15, 0.2) is 22.8 Å². The molecule has 4 aliphatic rings. The molecule has 39 heavy (non-hydrogen) atoms. The lowest BCUT2D eigenvalue weighted by molar-refractivity contribution is -0.156. The van der Waals surface area contributed by atoms with Crippen molar-refractivity contribution in [2.75, 3.05) is 7.11 Å². The summed E-state index contributed by atoms with van der Waals surface area (Å²) in [6.45, 7) is 12.7. The van der Waals surface area contributed by atoms with Crippen LogP contribution in [0, 0.1) is 39.4 Å². The third kappa shape index (κ3) is 3.88. The molecule has 0 saturated heterocycles. The van der Waals surface area contributed by atoms with Gasteiger partial charge in [0.1, 0.15) is 11.9 Å². The number of fused-ring (bicyclic) bond motifs is 4. The number of rotatable bonds is 5. The maximum atomic E-state index is 14.2. The smallest absolute Gasteiger partial charge is 0.308 e. The van der Waals surface area contributed by atoms with E-state index >= 15 is 0 Å². The van der Waals surface area contributed by atoms with Gasteiger partial charge in [-0.2, -0.15) is 0 Å². The van der Waals surface area contributed by atoms with Crippen LogP contribution in [0.4, 0.5) is 0 Å². The van der Waals surface area contributed by atoms with Crippen LogP contribution in [0.3, 0.4) is 0 Å². The van der Waals surface area contributed by atoms with Crippen molar-refractivity contribution in [1.29, 1.82) is 0 Å². The lowest BCUT2D eigenvalue weighted by Gasteiger charge is -2.62. The van der Waals surface area contributed by atoms with E-state index in [1.807, 2.05) is 20.8 Å². The van der Waals surface area contributed by atoms with E-state index in [-0.39, 0.29) is 30.3 Å². The second kappa shape index (κ2) is 9.45. The quantitative estimate of drug-likeness (QED) is 0.355. The fourth-order valence-electron chi connectivity index (χ4n) is 8.91. The van der Waals surface area contributed by atoms with Gasteiger partial charge < -0.3 is 20.1 Å². The number of hydrogen-bond acceptors (Lipinski definition) is 8. The first-order valence-corrected chi connectivity index (χ1v) is 14.1. The van der Waals surface area contributed by atoms with Crippen LogP contribution in [0.5, 0.6) is 0 Å². The second-order valence-corrected chi connectivity index (χ2v) is 13.7. The third-order valence-corrected chi connectivity index (χ3v) is 11.5. The normalized spacial score (nSPS) is 42.4. The van der Waals surface area contributed by atoms with Crippen molar-refractivity contribution in [3.8, 4) is 0 Å². The van der Waals surface area contributed by atoms with Crippen LogP contribution in [0.1, 0.15) is 80.6 Å². The number of carbonyl (C=O) groups excluding carboxylic acids is 4. The highest BCUT2D eigenvalue weighted by Crippen LogP contribution is 2.70. The summed E-state index contributed by atoms with van der Waals surface area (Å²) < 4.78 is 4.71. The SMILES string of the molecule is COC(=O)[C@H](C)CC(=O)/C=C(\C)[C@H]1CC(=O)[C@@]2(C)C3=C(C(=O)[C@H](O)[C@]12C)[C@@]1(C)CC[C@H](O)C(C)(C)[C@@H]1C[C@@H]3O. The Morgan fingerprint density at radius 3 is 2.31 bits per heavy atom. The number of methoxy groups -OCH3 is 1. The van der Waals surface area contributed by atoms with E-state index in [4.69, 9.17) is 4.74 Å². The number of allylic oxidation sites excluding steroid dienone is 2. The molecular formula is C31H44O8. The average molecular weight is 545 g/mol. The van der Waals surface area contributed by atoms with Gasteiger partial charge in [-0.15, -0.1) is 0 Å². The predicted octanol–water partition coefficient (Wildman–Crippen LogP) is 3.11. The van der Waals surface area contributed by atoms with Crippen molar-refractivity contribution in [1.82, 2.24) is 0 Å². The fourth-order valence-corrected chi connectivity index (χ4v) is 8.91. The molecule has 3 N–H and O–H groups in total. The summed E-state index contributed by atoms with van der Waals surface area (Å²) in [4.78, 5) is 52.7. The largest absolute Gasteiger partial charge is 0.469 e. The van der Waals surface area contributed by atoms with Crippen LogP contribution in [0.25, 0.3) is 0 Å². The van der Waals surface area contributed by atoms with Gasteiger partial charge >= 0.3 is 5.97 Å². The Balaban J connectivity index is 1.82. The molecule has 0 radical (unpaired) electrons. The fraction of sp³-hybridized carbons (Fsp3) is 0.742. The molecule has 0 aromatic rings. The summed E-state index contributed by atoms with van der Waals surface area (Å²) in [7, 11) is 1.26. The Hall–Kier alpha value is -2.16. The van der Waals surface area contributed by atoms with E-state index in [0.29, 0.717) is 36.0 Å². The van der Waals surface area contributed by atoms with Crippen molar-refractivity contribution in [2.24, 2.45) is 39.4 Å². The van der Waals surface area contributed by atoms with Gasteiger partial charge in [-0.3, -0.25) is 19.2 Å². The minimum atomic E-state index is -1.51. The predicted molar refractivity (Wildman–Crippen MR) is 143 cm³/mol. The topological polar surface area (TPSA) is 138 Å². The van der Waals surface area contributed by atoms with Crippen LogP contribution in [-0.2, 0) is 23.9 Å². The maximum absolute atomic E-state index is 14.2. The van der Waals surface area contributed by atoms with Gasteiger partial charge in [-0.05, 0) is 67.4 Å². The molecule has 9 atom stereocenters. The van der Waals surface area contributed by atoms with Gasteiger partial charge in [0, 0.05) is 23.8 Å². The zero-order chi connectivity index (χ0) is 29.5. The first-order valence-electron chi connectivity index (χ1n) is 14.1. The van der Waals surface area contributed by atoms with E-state index in [0.717, 1.165) is 0 Å². The molecule has 0 heterocycles. The highest BCUT2D eigenvalue weighted by molar-refractivity contribution is 6.08. The van der Waals surface area contributed by atoms with E-state index in [2.05, 4.69) is 0 Å². The van der Waals surface area contributed by atoms with E-state index in [1.165, 1.54) is 13.2 Å². The van der Waals surface area contributed by atoms with Crippen molar-refractivity contribution in [2.45, 2.75) is 98.9 Å². The number of ether oxygens (including phenoxy) is 1. The van der Waals surface area contributed by atoms with Crippen LogP contribution in [0.2, 0.25) is 0 Å². The van der Waals surface area contributed by atoms with Crippen molar-refractivity contribution >= 4 is 23.3 Å². The highest BCUT2D eigenvalue weighted by Gasteiger charge is 2.73. The zero-order valence-electron chi connectivity index (χ0n) is 24.5. The first-order chi connectivity index (χ1) is 17.9. The molecule has 0 bridgehead atoms. The molecule has 0 amide bonds. The summed E-state index contributed by atoms with van der Waals surface area (Å²) in [5, 5.41) is 34.2. The molecule has 8 nitrogen and oxygen atoms in total. The first kappa shape index (κ1) is 29.8. The minimum Gasteiger partial charge on any atom is -0.469 e. The number of carbonyl (C=O) groups is 4. The molecule has 2 fully saturated rings. The molecule has 0 aromatic heterocycles. The van der Waals surface area contributed by atoms with E-state index < -0.39 is 63.6 Å². The molecule has 0 aliphatic heterocycles. The number of aliphatic hydroxyl groups excluding tert-OH is 3. The van der Waals surface area contributed by atoms with E-state index in [9.17, 15) is 34.5 Å². The average Bonchev–Trinajstić information content (AvgIpc) is 3.07. The molecule has 8 heteroatoms. The lowest BCUT2D eigenvalue weighted by atomic mass is 9.42. The Labute approximate surface area is 230 Å². The van der Waals surface area contributed by atoms with Gasteiger partial charge in [-0.1, -0.05) is 40.2 Å². The monoisotopic (exact) mass is 544 g/mol. The summed E-state index contributed by atoms with van der Waals surface area (Å²) in [5.41, 5.74) is -2.53. The molecule has 4 aliphatic carbocycles. The molecule has 0 spiro atoms. The number of aliphatic hydroxyl groups is 3. The minimum absolute atomic E-state index is 0.0212. The van der Waals surface area contributed by atoms with Crippen molar-refractivity contribution in [3.63, 3.8) is 0 Å². The molecule has 0 aromatic carbocycles. The van der Waals surface area contributed by atoms with Crippen LogP contribution in [-0.4, -0.2) is 64.1 Å². The Morgan fingerprint density at radius 1 is 1.10 bits per heavy atom. The summed E-state index contributed by atoms with van der Waals surface area (Å²) in [6, 6.07) is 0. The molecular weight excluding hydrogens is 500 g/mol. The second-order valence-electron chi connectivity index (χ2n) is 13.7. The van der Waals surface area contributed by atoms with Gasteiger partial charge in [0.15, 0.2) is 11.6 Å². The number of ketones is 3. The van der Waals surface area contributed by atoms with Crippen molar-refractivity contribution < 1.29 is 39.2 Å². The standard InChI is InChI=1S/C31H44O8/c1-15(11-17(32)12-16(2)27(38)39-8)18-13-22(35)31(7)23-19(33)14-20-28(3,4)21(34)9-10-29(20,5)24(23)25(36)26(37)30(18,31)6/h11,16,18-21,26,33-34,37H,9-10,12-14H2,1-8H3/b15-11+/t16-,18-,19+,20+,21+,26+,29+,30+,31+/m1/s1. The Kier molecular flexibility index (Phi) is 7.23.